The summed E-state index contributed by atoms with van der Waals surface area (Å²) in [4.78, 5) is 5.40. The fourth-order valence-electron chi connectivity index (χ4n) is 8.60. The van der Waals surface area contributed by atoms with Crippen molar-refractivity contribution in [3.8, 4) is 0 Å². The van der Waals surface area contributed by atoms with Crippen LogP contribution in [0.25, 0.3) is 40.9 Å². The van der Waals surface area contributed by atoms with Gasteiger partial charge in [0.1, 0.15) is 0 Å². The van der Waals surface area contributed by atoms with E-state index in [2.05, 4.69) is 222 Å². The number of nitrogens with one attached hydrogen (secondary N) is 2. The molecule has 0 spiro atoms. The molecule has 0 saturated carbocycles. The Morgan fingerprint density at radius 1 is 0.435 bits per heavy atom. The Bertz CT molecular complexity index is 3290. The van der Waals surface area contributed by atoms with Crippen molar-refractivity contribution in [2.45, 2.75) is 32.4 Å². The van der Waals surface area contributed by atoms with Crippen LogP contribution in [-0.4, -0.2) is 14.5 Å². The summed E-state index contributed by atoms with van der Waals surface area (Å²) >= 11 is 17.0. The van der Waals surface area contributed by atoms with Crippen LogP contribution in [-0.2, 0) is 26.9 Å². The number of para-hydroxylation sites is 4. The number of nitrogens with zero attached hydrogens (tertiary/aromatic N) is 2. The molecule has 0 saturated heterocycles. The first-order chi connectivity index (χ1) is 33.9. The second kappa shape index (κ2) is 21.7. The maximum absolute atomic E-state index is 4.76. The van der Waals surface area contributed by atoms with E-state index in [1.165, 1.54) is 94.1 Å². The van der Waals surface area contributed by atoms with Crippen LogP contribution in [0, 0.1) is 0 Å². The molecule has 10 heteroatoms. The molecule has 13 rings (SSSR count). The highest BCUT2D eigenvalue weighted by molar-refractivity contribution is 8.00. The van der Waals surface area contributed by atoms with Gasteiger partial charge in [0.25, 0.3) is 0 Å². The Morgan fingerprint density at radius 3 is 1.59 bits per heavy atom. The first-order valence-corrected chi connectivity index (χ1v) is 27.0. The van der Waals surface area contributed by atoms with Crippen LogP contribution in [0.5, 0.6) is 0 Å². The topological polar surface area (TPSA) is 33.9 Å². The number of anilines is 4. The second-order valence-electron chi connectivity index (χ2n) is 16.6. The molecule has 0 fully saturated rings. The molecule has 4 heterocycles. The van der Waals surface area contributed by atoms with Crippen LogP contribution in [0.2, 0.25) is 0 Å². The van der Waals surface area contributed by atoms with E-state index in [9.17, 15) is 0 Å². The van der Waals surface area contributed by atoms with E-state index in [-0.39, 0.29) is 5.34 Å². The molecule has 2 aliphatic rings. The summed E-state index contributed by atoms with van der Waals surface area (Å²) in [5, 5.41) is 7.17. The fraction of sp³-hybridized carbons (Fsp3) is 0.0847. The predicted octanol–water partition coefficient (Wildman–Crippen LogP) is 18.6. The van der Waals surface area contributed by atoms with Gasteiger partial charge >= 0.3 is 0 Å². The zero-order valence-corrected chi connectivity index (χ0v) is 42.8. The average Bonchev–Trinajstić information content (AvgIpc) is 3.38. The molecule has 2 aliphatic heterocycles. The maximum Gasteiger partial charge on any atom is 0.0967 e. The van der Waals surface area contributed by atoms with Crippen LogP contribution >= 0.6 is 69.4 Å². The molecule has 2 N–H and O–H groups in total. The van der Waals surface area contributed by atoms with E-state index < -0.39 is 0 Å². The number of fused-ring (bicyclic) bond motifs is 8. The van der Waals surface area contributed by atoms with Gasteiger partial charge in [0.2, 0.25) is 0 Å². The minimum atomic E-state index is 0.194. The van der Waals surface area contributed by atoms with Crippen molar-refractivity contribution in [1.82, 2.24) is 9.13 Å². The van der Waals surface area contributed by atoms with Gasteiger partial charge in [-0.2, -0.15) is 0 Å². The Balaban J connectivity index is 0.000000117. The van der Waals surface area contributed by atoms with Crippen molar-refractivity contribution in [1.29, 1.82) is 0 Å². The van der Waals surface area contributed by atoms with E-state index >= 15 is 0 Å². The Morgan fingerprint density at radius 2 is 0.942 bits per heavy atom. The maximum atomic E-state index is 4.76. The van der Waals surface area contributed by atoms with Crippen molar-refractivity contribution in [3.05, 3.63) is 229 Å². The van der Waals surface area contributed by atoms with Gasteiger partial charge in [-0.3, -0.25) is 0 Å². The monoisotopic (exact) mass is 1010 g/mol. The molecular formula is C59H48Cl2N4S4. The summed E-state index contributed by atoms with van der Waals surface area (Å²) < 4.78 is 9.90. The molecular weight excluding hydrogens is 964 g/mol. The molecule has 4 nitrogen and oxygen atoms in total. The van der Waals surface area contributed by atoms with Gasteiger partial charge in [0.05, 0.1) is 57.6 Å². The van der Waals surface area contributed by atoms with Gasteiger partial charge < -0.3 is 19.8 Å². The zero-order valence-electron chi connectivity index (χ0n) is 38.0. The third-order valence-electron chi connectivity index (χ3n) is 12.0. The van der Waals surface area contributed by atoms with E-state index in [1.54, 1.807) is 0 Å². The molecule has 0 bridgehead atoms. The molecule has 2 aromatic heterocycles. The lowest BCUT2D eigenvalue weighted by Gasteiger charge is -2.25. The van der Waals surface area contributed by atoms with Crippen LogP contribution in [0.1, 0.15) is 22.3 Å². The molecule has 11 aromatic rings. The molecule has 0 radical (unpaired) electrons. The second-order valence-corrected chi connectivity index (χ2v) is 21.7. The number of hydrogen-bond acceptors (Lipinski definition) is 6. The van der Waals surface area contributed by atoms with Gasteiger partial charge in [0.15, 0.2) is 0 Å². The zero-order chi connectivity index (χ0) is 47.1. The molecule has 342 valence electrons. The fourth-order valence-corrected chi connectivity index (χ4v) is 13.1. The average molecular weight is 1010 g/mol. The van der Waals surface area contributed by atoms with Crippen LogP contribution < -0.4 is 10.6 Å². The third-order valence-corrected chi connectivity index (χ3v) is 16.6. The largest absolute Gasteiger partial charge is 0.356 e. The van der Waals surface area contributed by atoms with E-state index in [0.717, 1.165) is 24.2 Å². The number of aryl methyl sites for hydroxylation is 2. The molecule has 0 aliphatic carbocycles. The minimum Gasteiger partial charge on any atom is -0.356 e. The van der Waals surface area contributed by atoms with Gasteiger partial charge in [-0.1, -0.05) is 139 Å². The highest BCUT2D eigenvalue weighted by Crippen LogP contribution is 2.49. The summed E-state index contributed by atoms with van der Waals surface area (Å²) in [6, 6.07) is 73.2. The third kappa shape index (κ3) is 10.7. The van der Waals surface area contributed by atoms with E-state index in [1.807, 2.05) is 64.4 Å². The smallest absolute Gasteiger partial charge is 0.0967 e. The van der Waals surface area contributed by atoms with E-state index in [0.29, 0.717) is 0 Å². The summed E-state index contributed by atoms with van der Waals surface area (Å²) in [6.07, 6.45) is 2.01. The normalized spacial score (nSPS) is 11.8. The predicted molar refractivity (Wildman–Crippen MR) is 303 cm³/mol. The van der Waals surface area contributed by atoms with Crippen molar-refractivity contribution >= 4 is 133 Å². The number of aromatic nitrogens is 2. The SMILES string of the molecule is ClCCl.Cn1c2ccccc2sc2cc3c(cc21)sc1ccccc1n3C.c1ccc(Cc2ccc(Nc3ccccc3)cc2)cc1.c1ccc2c(c1)Cc1cc3c(cc1S2)Nc1ccccc1S3. The first-order valence-electron chi connectivity index (χ1n) is 22.6. The highest BCUT2D eigenvalue weighted by Gasteiger charge is 2.22. The summed E-state index contributed by atoms with van der Waals surface area (Å²) in [6.45, 7) is 0. The molecule has 0 atom stereocenters. The number of benzene rings is 9. The quantitative estimate of drug-likeness (QED) is 0.136. The number of halogens is 2. The van der Waals surface area contributed by atoms with Crippen molar-refractivity contribution in [2.24, 2.45) is 14.1 Å². The number of hydrogen-bond donors (Lipinski definition) is 2. The van der Waals surface area contributed by atoms with Gasteiger partial charge in [-0.05, 0) is 126 Å². The summed E-state index contributed by atoms with van der Waals surface area (Å²) in [5.74, 6) is 0. The van der Waals surface area contributed by atoms with Gasteiger partial charge in [0, 0.05) is 45.1 Å². The minimum absolute atomic E-state index is 0.194. The highest BCUT2D eigenvalue weighted by atomic mass is 35.5. The number of rotatable bonds is 4. The van der Waals surface area contributed by atoms with Gasteiger partial charge in [-0.25, -0.2) is 0 Å². The van der Waals surface area contributed by atoms with E-state index in [4.69, 9.17) is 23.2 Å². The molecule has 0 amide bonds. The summed E-state index contributed by atoms with van der Waals surface area (Å²) in [7, 11) is 4.32. The Hall–Kier alpha value is -6.10. The molecule has 0 unspecified atom stereocenters. The van der Waals surface area contributed by atoms with Crippen LogP contribution in [0.4, 0.5) is 22.7 Å². The summed E-state index contributed by atoms with van der Waals surface area (Å²) in [5.41, 5.74) is 15.4. The van der Waals surface area contributed by atoms with Crippen molar-refractivity contribution in [3.63, 3.8) is 0 Å². The lowest BCUT2D eigenvalue weighted by molar-refractivity contribution is 1.00. The lowest BCUT2D eigenvalue weighted by atomic mass is 10.0. The van der Waals surface area contributed by atoms with Crippen LogP contribution in [0.3, 0.4) is 0 Å². The lowest BCUT2D eigenvalue weighted by Crippen LogP contribution is -2.04. The Labute approximate surface area is 429 Å². The molecule has 9 aromatic carbocycles. The van der Waals surface area contributed by atoms with Gasteiger partial charge in [-0.15, -0.1) is 45.9 Å². The van der Waals surface area contributed by atoms with Crippen molar-refractivity contribution < 1.29 is 0 Å². The van der Waals surface area contributed by atoms with Crippen molar-refractivity contribution in [2.75, 3.05) is 16.0 Å². The standard InChI is InChI=1S/C20H16N2S2.C19H13NS2.C19H17N.CH2Cl2/c1-21-13-7-3-5-9-17(13)23-19-12-16-20(11-15(19)21)24-18-10-6-4-8-14(18)22(16)2;1-3-7-16-12(5-1)9-13-10-19-15(11-18(13)21-16)20-14-6-2-4-8-17(14)22-19;1-3-7-16(8-4-1)15-17-11-13-19(14-12-17)20-18-9-5-2-6-10-18;2-1-3/h3-12H,1-2H3;1-8,10-11,20H,9H2;1-14,20H,15H2;1H2. The van der Waals surface area contributed by atoms with Crippen LogP contribution in [0.15, 0.2) is 226 Å². The number of alkyl halides is 2. The molecule has 69 heavy (non-hydrogen) atoms. The first kappa shape index (κ1) is 46.6. The Kier molecular flexibility index (Phi) is 14.6.